The van der Waals surface area contributed by atoms with Gasteiger partial charge in [0.1, 0.15) is 35.4 Å². The number of aliphatic hydroxyl groups is 4. The number of halogens is 1. The summed E-state index contributed by atoms with van der Waals surface area (Å²) >= 11 is 7.50. The molecule has 5 unspecified atom stereocenters. The second kappa shape index (κ2) is 9.48. The first-order valence-electron chi connectivity index (χ1n) is 9.06. The van der Waals surface area contributed by atoms with Gasteiger partial charge in [0.15, 0.2) is 0 Å². The van der Waals surface area contributed by atoms with Crippen LogP contribution in [-0.4, -0.2) is 69.0 Å². The fourth-order valence-corrected chi connectivity index (χ4v) is 4.15. The van der Waals surface area contributed by atoms with Crippen LogP contribution in [0.3, 0.4) is 0 Å². The van der Waals surface area contributed by atoms with E-state index in [9.17, 15) is 25.2 Å². The van der Waals surface area contributed by atoms with E-state index in [1.165, 1.54) is 17.5 Å². The lowest BCUT2D eigenvalue weighted by Gasteiger charge is -2.40. The van der Waals surface area contributed by atoms with Crippen molar-refractivity contribution in [2.75, 3.05) is 13.2 Å². The molecule has 158 valence electrons. The molecule has 0 aliphatic carbocycles. The Morgan fingerprint density at radius 2 is 2.03 bits per heavy atom. The molecule has 5 atom stereocenters. The maximum atomic E-state index is 11.8. The zero-order valence-electron chi connectivity index (χ0n) is 15.6. The van der Waals surface area contributed by atoms with Gasteiger partial charge in [-0.2, -0.15) is 0 Å². The number of rotatable bonds is 6. The van der Waals surface area contributed by atoms with Crippen molar-refractivity contribution >= 4 is 28.9 Å². The maximum absolute atomic E-state index is 11.8. The van der Waals surface area contributed by atoms with Crippen molar-refractivity contribution in [3.05, 3.63) is 50.4 Å². The van der Waals surface area contributed by atoms with Crippen molar-refractivity contribution in [2.45, 2.75) is 43.9 Å². The third-order valence-electron chi connectivity index (χ3n) is 4.66. The van der Waals surface area contributed by atoms with Crippen LogP contribution in [0.1, 0.15) is 38.8 Å². The van der Waals surface area contributed by atoms with E-state index in [1.54, 1.807) is 25.1 Å². The molecule has 0 radical (unpaired) electrons. The predicted molar refractivity (Wildman–Crippen MR) is 105 cm³/mol. The Hall–Kier alpha value is -1.59. The maximum Gasteiger partial charge on any atom is 0.349 e. The second-order valence-corrected chi connectivity index (χ2v) is 8.14. The highest BCUT2D eigenvalue weighted by molar-refractivity contribution is 7.13. The van der Waals surface area contributed by atoms with E-state index in [-0.39, 0.29) is 6.61 Å². The van der Waals surface area contributed by atoms with E-state index < -0.39 is 43.1 Å². The van der Waals surface area contributed by atoms with Gasteiger partial charge in [-0.1, -0.05) is 23.7 Å². The number of thiazole rings is 1. The highest BCUT2D eigenvalue weighted by atomic mass is 35.5. The van der Waals surface area contributed by atoms with E-state index in [1.807, 2.05) is 0 Å². The monoisotopic (exact) mass is 443 g/mol. The Balaban J connectivity index is 1.82. The largest absolute Gasteiger partial charge is 0.462 e. The topological polar surface area (TPSA) is 129 Å². The van der Waals surface area contributed by atoms with Gasteiger partial charge in [0, 0.05) is 11.4 Å². The molecule has 10 heteroatoms. The van der Waals surface area contributed by atoms with Gasteiger partial charge in [-0.05, 0) is 24.1 Å². The molecule has 2 aromatic rings. The van der Waals surface area contributed by atoms with Gasteiger partial charge in [0.25, 0.3) is 0 Å². The minimum absolute atomic E-state index is 0.277. The minimum Gasteiger partial charge on any atom is -0.462 e. The first-order chi connectivity index (χ1) is 13.8. The molecule has 1 aromatic carbocycles. The van der Waals surface area contributed by atoms with Crippen molar-refractivity contribution < 1.29 is 34.7 Å². The van der Waals surface area contributed by atoms with E-state index in [0.29, 0.717) is 32.5 Å². The minimum atomic E-state index is -1.46. The van der Waals surface area contributed by atoms with Crippen LogP contribution in [0.4, 0.5) is 0 Å². The molecule has 1 aliphatic heterocycles. The number of carbonyl (C=O) groups is 1. The van der Waals surface area contributed by atoms with E-state index in [2.05, 4.69) is 4.98 Å². The van der Waals surface area contributed by atoms with Crippen LogP contribution < -0.4 is 0 Å². The highest BCUT2D eigenvalue weighted by Gasteiger charge is 2.44. The zero-order valence-corrected chi connectivity index (χ0v) is 17.1. The molecule has 1 aromatic heterocycles. The summed E-state index contributed by atoms with van der Waals surface area (Å²) in [5.41, 5.74) is 1.22. The smallest absolute Gasteiger partial charge is 0.349 e. The molecular weight excluding hydrogens is 422 g/mol. The van der Waals surface area contributed by atoms with Crippen molar-refractivity contribution in [2.24, 2.45) is 0 Å². The van der Waals surface area contributed by atoms with Crippen LogP contribution in [0.25, 0.3) is 0 Å². The molecular formula is C19H22ClNO7S. The van der Waals surface area contributed by atoms with Crippen molar-refractivity contribution in [3.63, 3.8) is 0 Å². The summed E-state index contributed by atoms with van der Waals surface area (Å²) in [4.78, 5) is 16.4. The quantitative estimate of drug-likeness (QED) is 0.488. The number of aliphatic hydroxyl groups excluding tert-OH is 4. The van der Waals surface area contributed by atoms with Crippen LogP contribution in [0.15, 0.2) is 24.4 Å². The summed E-state index contributed by atoms with van der Waals surface area (Å²) in [6.07, 6.45) is -4.42. The Bertz CT molecular complexity index is 859. The Kier molecular flexibility index (Phi) is 7.23. The fourth-order valence-electron chi connectivity index (χ4n) is 3.14. The lowest BCUT2D eigenvalue weighted by Crippen LogP contribution is -2.55. The van der Waals surface area contributed by atoms with Crippen LogP contribution in [-0.2, 0) is 15.9 Å². The van der Waals surface area contributed by atoms with Crippen LogP contribution in [0.2, 0.25) is 5.02 Å². The standard InChI is InChI=1S/C19H22ClNO7S/c1-2-27-19(26)13-7-21-14(29-13)6-10-5-9(3-4-11(10)20)18-17(25)16(24)15(23)12(8-22)28-18/h3-5,7,12,15-18,22-25H,2,6,8H2,1H3. The number of esters is 1. The number of carbonyl (C=O) groups excluding carboxylic acids is 1. The summed E-state index contributed by atoms with van der Waals surface area (Å²) in [5, 5.41) is 40.8. The van der Waals surface area contributed by atoms with Crippen LogP contribution >= 0.6 is 22.9 Å². The average molecular weight is 444 g/mol. The number of benzene rings is 1. The Labute approximate surface area is 176 Å². The van der Waals surface area contributed by atoms with E-state index in [0.717, 1.165) is 0 Å². The number of aromatic nitrogens is 1. The van der Waals surface area contributed by atoms with E-state index >= 15 is 0 Å². The van der Waals surface area contributed by atoms with Gasteiger partial charge in [0.05, 0.1) is 24.4 Å². The lowest BCUT2D eigenvalue weighted by molar-refractivity contribution is -0.231. The van der Waals surface area contributed by atoms with Gasteiger partial charge >= 0.3 is 5.97 Å². The molecule has 0 saturated carbocycles. The Morgan fingerprint density at radius 3 is 2.72 bits per heavy atom. The third kappa shape index (κ3) is 4.77. The molecule has 1 saturated heterocycles. The number of hydrogen-bond donors (Lipinski definition) is 4. The number of hydrogen-bond acceptors (Lipinski definition) is 9. The fraction of sp³-hybridized carbons (Fsp3) is 0.474. The van der Waals surface area contributed by atoms with Crippen LogP contribution in [0.5, 0.6) is 0 Å². The predicted octanol–water partition coefficient (Wildman–Crippen LogP) is 1.08. The Morgan fingerprint density at radius 1 is 1.28 bits per heavy atom. The molecule has 29 heavy (non-hydrogen) atoms. The zero-order chi connectivity index (χ0) is 21.1. The molecule has 8 nitrogen and oxygen atoms in total. The third-order valence-corrected chi connectivity index (χ3v) is 6.01. The SMILES string of the molecule is CCOC(=O)c1cnc(Cc2cc(C3OC(CO)C(O)C(O)C3O)ccc2Cl)s1. The molecule has 1 fully saturated rings. The second-order valence-electron chi connectivity index (χ2n) is 6.62. The molecule has 2 heterocycles. The average Bonchev–Trinajstić information content (AvgIpc) is 3.17. The van der Waals surface area contributed by atoms with Crippen molar-refractivity contribution in [3.8, 4) is 0 Å². The normalized spacial score (nSPS) is 27.0. The van der Waals surface area contributed by atoms with Crippen LogP contribution in [0, 0.1) is 0 Å². The van der Waals surface area contributed by atoms with E-state index in [4.69, 9.17) is 21.1 Å². The first kappa shape index (κ1) is 22.1. The summed E-state index contributed by atoms with van der Waals surface area (Å²) in [5.74, 6) is -0.433. The summed E-state index contributed by atoms with van der Waals surface area (Å²) in [6, 6.07) is 4.98. The summed E-state index contributed by atoms with van der Waals surface area (Å²) < 4.78 is 10.6. The van der Waals surface area contributed by atoms with Gasteiger partial charge in [-0.25, -0.2) is 9.78 Å². The first-order valence-corrected chi connectivity index (χ1v) is 10.3. The lowest BCUT2D eigenvalue weighted by atomic mass is 9.90. The molecule has 0 bridgehead atoms. The molecule has 0 amide bonds. The molecule has 4 N–H and O–H groups in total. The molecule has 0 spiro atoms. The summed E-state index contributed by atoms with van der Waals surface area (Å²) in [7, 11) is 0. The van der Waals surface area contributed by atoms with Crippen molar-refractivity contribution in [1.82, 2.24) is 4.98 Å². The highest BCUT2D eigenvalue weighted by Crippen LogP contribution is 2.34. The van der Waals surface area contributed by atoms with Gasteiger partial charge in [0.2, 0.25) is 0 Å². The van der Waals surface area contributed by atoms with Crippen molar-refractivity contribution in [1.29, 1.82) is 0 Å². The molecule has 1 aliphatic rings. The van der Waals surface area contributed by atoms with Gasteiger partial charge < -0.3 is 29.9 Å². The van der Waals surface area contributed by atoms with Gasteiger partial charge in [-0.15, -0.1) is 11.3 Å². The number of nitrogens with zero attached hydrogens (tertiary/aromatic N) is 1. The van der Waals surface area contributed by atoms with Gasteiger partial charge in [-0.3, -0.25) is 0 Å². The number of ether oxygens (including phenoxy) is 2. The summed E-state index contributed by atoms with van der Waals surface area (Å²) in [6.45, 7) is 1.50. The molecule has 3 rings (SSSR count).